The molecule has 16 aromatic rings. The van der Waals surface area contributed by atoms with Crippen molar-refractivity contribution in [1.29, 1.82) is 5.26 Å². The van der Waals surface area contributed by atoms with Gasteiger partial charge in [0.05, 0.1) is 61.4 Å². The highest BCUT2D eigenvalue weighted by molar-refractivity contribution is 7.24. The largest absolute Gasteiger partial charge is 0.308 e. The van der Waals surface area contributed by atoms with Crippen LogP contribution < -0.4 is 20.7 Å². The zero-order valence-electron chi connectivity index (χ0n) is 59.6. The van der Waals surface area contributed by atoms with Crippen LogP contribution in [0.4, 0.5) is 0 Å². The molecular formula is C95H79N5Si. The number of pyridine rings is 1. The SMILES string of the molecule is CC(C)(C)c1ccc2c(c1)-c1ccccc1C2c1c(C#N)c(-n2c3ccccc3c3cc(C(C)(C)C)ccc32)c(-n2c3ccccc3c3cc(C(C)(C)C)ccc32)c(-c2cccc3c2-c2ncccc2[Si]32c3ccccc3-c3ccccc32)c1-n1c2ccccc2c2cc(C(C)(C)C)ccc21. The highest BCUT2D eigenvalue weighted by Gasteiger charge is 2.55. The summed E-state index contributed by atoms with van der Waals surface area (Å²) >= 11 is 0. The van der Waals surface area contributed by atoms with Crippen molar-refractivity contribution in [2.75, 3.05) is 0 Å². The van der Waals surface area contributed by atoms with E-state index in [1.165, 1.54) is 76.4 Å². The van der Waals surface area contributed by atoms with Crippen LogP contribution in [0.2, 0.25) is 0 Å². The molecule has 12 aromatic carbocycles. The molecule has 6 heteroatoms. The Morgan fingerprint density at radius 3 is 1.24 bits per heavy atom. The molecular weight excluding hydrogens is 1240 g/mol. The molecule has 1 aliphatic carbocycles. The van der Waals surface area contributed by atoms with E-state index < -0.39 is 14.0 Å². The fourth-order valence-corrected chi connectivity index (χ4v) is 23.8. The zero-order valence-corrected chi connectivity index (χ0v) is 60.6. The third-order valence-corrected chi connectivity index (χ3v) is 28.0. The summed E-state index contributed by atoms with van der Waals surface area (Å²) in [6.07, 6.45) is 2.03. The number of para-hydroxylation sites is 3. The average molecular weight is 1320 g/mol. The monoisotopic (exact) mass is 1320 g/mol. The van der Waals surface area contributed by atoms with Gasteiger partial charge < -0.3 is 13.7 Å². The van der Waals surface area contributed by atoms with Crippen molar-refractivity contribution in [3.05, 3.63) is 299 Å². The van der Waals surface area contributed by atoms with E-state index in [2.05, 4.69) is 352 Å². The van der Waals surface area contributed by atoms with Gasteiger partial charge in [0.15, 0.2) is 8.07 Å². The lowest BCUT2D eigenvalue weighted by molar-refractivity contribution is 0.590. The topological polar surface area (TPSA) is 51.5 Å². The maximum absolute atomic E-state index is 13.7. The molecule has 6 heterocycles. The molecule has 0 N–H and O–H groups in total. The number of hydrogen-bond donors (Lipinski definition) is 0. The lowest BCUT2D eigenvalue weighted by atomic mass is 9.79. The van der Waals surface area contributed by atoms with Gasteiger partial charge in [0.1, 0.15) is 6.07 Å². The number of fused-ring (bicyclic) bond motifs is 22. The summed E-state index contributed by atoms with van der Waals surface area (Å²) in [6, 6.07) is 98.6. The van der Waals surface area contributed by atoms with Crippen LogP contribution in [0.25, 0.3) is 127 Å². The third-order valence-electron chi connectivity index (χ3n) is 23.1. The van der Waals surface area contributed by atoms with Crippen molar-refractivity contribution < 1.29 is 0 Å². The summed E-state index contributed by atoms with van der Waals surface area (Å²) in [6.45, 7) is 27.8. The molecule has 0 radical (unpaired) electrons. The Morgan fingerprint density at radius 1 is 0.327 bits per heavy atom. The van der Waals surface area contributed by atoms with Crippen LogP contribution in [0, 0.1) is 11.3 Å². The van der Waals surface area contributed by atoms with Gasteiger partial charge in [0.2, 0.25) is 0 Å². The lowest BCUT2D eigenvalue weighted by Gasteiger charge is -2.32. The molecule has 1 spiro atoms. The minimum absolute atomic E-state index is 0.139. The van der Waals surface area contributed by atoms with Crippen LogP contribution in [-0.4, -0.2) is 26.8 Å². The van der Waals surface area contributed by atoms with Gasteiger partial charge in [0, 0.05) is 61.1 Å². The van der Waals surface area contributed by atoms with E-state index in [9.17, 15) is 5.26 Å². The molecule has 488 valence electrons. The minimum Gasteiger partial charge on any atom is -0.308 e. The van der Waals surface area contributed by atoms with Gasteiger partial charge >= 0.3 is 0 Å². The smallest absolute Gasteiger partial charge is 0.183 e. The third kappa shape index (κ3) is 8.45. The summed E-state index contributed by atoms with van der Waals surface area (Å²) < 4.78 is 7.74. The summed E-state index contributed by atoms with van der Waals surface area (Å²) in [4.78, 5) is 5.77. The number of aromatic nitrogens is 4. The molecule has 0 bridgehead atoms. The van der Waals surface area contributed by atoms with Gasteiger partial charge in [-0.1, -0.05) is 271 Å². The van der Waals surface area contributed by atoms with Crippen molar-refractivity contribution in [1.82, 2.24) is 18.7 Å². The van der Waals surface area contributed by atoms with Gasteiger partial charge in [-0.05, 0) is 164 Å². The normalized spacial score (nSPS) is 14.5. The quantitative estimate of drug-likeness (QED) is 0.161. The molecule has 0 saturated carbocycles. The summed E-state index contributed by atoms with van der Waals surface area (Å²) in [7, 11) is -3.17. The predicted octanol–water partition coefficient (Wildman–Crippen LogP) is 21.6. The van der Waals surface area contributed by atoms with Crippen molar-refractivity contribution in [2.45, 2.75) is 111 Å². The Bertz CT molecular complexity index is 6300. The van der Waals surface area contributed by atoms with Crippen LogP contribution in [0.5, 0.6) is 0 Å². The number of nitrogens with zero attached hydrogens (tertiary/aromatic N) is 5. The van der Waals surface area contributed by atoms with Crippen LogP contribution in [-0.2, 0) is 21.7 Å². The molecule has 5 nitrogen and oxygen atoms in total. The van der Waals surface area contributed by atoms with E-state index in [4.69, 9.17) is 4.98 Å². The highest BCUT2D eigenvalue weighted by Crippen LogP contribution is 2.58. The molecule has 1 atom stereocenters. The maximum atomic E-state index is 13.7. The first-order valence-electron chi connectivity index (χ1n) is 35.9. The zero-order chi connectivity index (χ0) is 69.1. The van der Waals surface area contributed by atoms with E-state index in [0.717, 1.165) is 110 Å². The number of rotatable bonds is 5. The molecule has 3 aliphatic rings. The first kappa shape index (κ1) is 61.0. The summed E-state index contributed by atoms with van der Waals surface area (Å²) in [5, 5.41) is 26.0. The molecule has 0 amide bonds. The molecule has 0 saturated heterocycles. The van der Waals surface area contributed by atoms with E-state index >= 15 is 0 Å². The van der Waals surface area contributed by atoms with Crippen molar-refractivity contribution >= 4 is 94.2 Å². The molecule has 4 aromatic heterocycles. The van der Waals surface area contributed by atoms with E-state index in [-0.39, 0.29) is 21.7 Å². The van der Waals surface area contributed by atoms with Gasteiger partial charge in [-0.25, -0.2) is 0 Å². The van der Waals surface area contributed by atoms with E-state index in [1.807, 2.05) is 6.20 Å². The second kappa shape index (κ2) is 21.2. The standard InChI is InChI=1S/C95H79N5Si/c1-92(2,3)56-42-46-67-69(51-56)60-27-13-14-33-66(60)84(67)86-73(55-96)89(98-74-35-20-15-28-61(74)70-52-57(93(4,5)6)43-47-77(70)98)91(100-76-37-22-17-30-63(76)72-54-59(95(10,11)12)45-49-79(72)100)87(90(86)99-75-36-21-16-29-62(75)71-53-58(94(7,8)9)44-48-78(71)99)68-34-25-40-82-85(68)88-83(41-26-50-97-88)101(82)80-38-23-18-31-64(80)65-32-19-24-39-81(65)101/h13-54,84H,1-12H3. The van der Waals surface area contributed by atoms with Crippen LogP contribution in [0.15, 0.2) is 255 Å². The van der Waals surface area contributed by atoms with Crippen molar-refractivity contribution in [3.63, 3.8) is 0 Å². The van der Waals surface area contributed by atoms with Crippen LogP contribution in [0.3, 0.4) is 0 Å². The number of hydrogen-bond acceptors (Lipinski definition) is 2. The number of nitriles is 1. The van der Waals surface area contributed by atoms with Crippen molar-refractivity contribution in [3.8, 4) is 67.8 Å². The Kier molecular flexibility index (Phi) is 12.8. The fraction of sp³-hybridized carbons (Fsp3) is 0.179. The predicted molar refractivity (Wildman–Crippen MR) is 427 cm³/mol. The number of benzene rings is 12. The maximum Gasteiger partial charge on any atom is 0.183 e. The Labute approximate surface area is 592 Å². The van der Waals surface area contributed by atoms with E-state index in [1.54, 1.807) is 0 Å². The second-order valence-corrected chi connectivity index (χ2v) is 36.5. The van der Waals surface area contributed by atoms with Gasteiger partial charge in [-0.3, -0.25) is 4.98 Å². The van der Waals surface area contributed by atoms with Crippen molar-refractivity contribution in [2.24, 2.45) is 0 Å². The lowest BCUT2D eigenvalue weighted by Crippen LogP contribution is -2.70. The van der Waals surface area contributed by atoms with Gasteiger partial charge in [-0.2, -0.15) is 5.26 Å². The van der Waals surface area contributed by atoms with E-state index in [0.29, 0.717) is 5.56 Å². The Balaban J connectivity index is 1.13. The first-order valence-corrected chi connectivity index (χ1v) is 37.9. The van der Waals surface area contributed by atoms with Crippen LogP contribution in [0.1, 0.15) is 134 Å². The fourth-order valence-electron chi connectivity index (χ4n) is 18.3. The highest BCUT2D eigenvalue weighted by atomic mass is 28.3. The molecule has 0 fully saturated rings. The van der Waals surface area contributed by atoms with Crippen LogP contribution >= 0.6 is 0 Å². The second-order valence-electron chi connectivity index (χ2n) is 32.9. The summed E-state index contributed by atoms with van der Waals surface area (Å²) in [5.74, 6) is -0.443. The Morgan fingerprint density at radius 2 is 0.723 bits per heavy atom. The molecule has 1 unspecified atom stereocenters. The molecule has 101 heavy (non-hydrogen) atoms. The minimum atomic E-state index is -3.17. The summed E-state index contributed by atoms with van der Waals surface area (Å²) in [5.41, 5.74) is 26.5. The molecule has 2 aliphatic heterocycles. The average Bonchev–Trinajstić information content (AvgIpc) is 1.52. The van der Waals surface area contributed by atoms with Gasteiger partial charge in [0.25, 0.3) is 0 Å². The Hall–Kier alpha value is -11.1. The first-order chi connectivity index (χ1) is 48.7. The molecule has 19 rings (SSSR count). The van der Waals surface area contributed by atoms with Gasteiger partial charge in [-0.15, -0.1) is 0 Å².